The summed E-state index contributed by atoms with van der Waals surface area (Å²) >= 11 is 6.36. The van der Waals surface area contributed by atoms with E-state index in [0.29, 0.717) is 20.7 Å². The number of hydrogen-bond donors (Lipinski definition) is 0. The molecule has 0 aliphatic carbocycles. The first-order chi connectivity index (χ1) is 11.4. The topological polar surface area (TPSA) is 65.1 Å². The summed E-state index contributed by atoms with van der Waals surface area (Å²) < 4.78 is 16.0. The molecule has 2 aliphatic heterocycles. The number of carbonyl (C=O) groups excluding carboxylic acids is 2. The van der Waals surface area contributed by atoms with Crippen LogP contribution in [0, 0.1) is 0 Å². The second-order valence-corrected chi connectivity index (χ2v) is 7.09. The normalized spacial score (nSPS) is 18.0. The predicted octanol–water partition coefficient (Wildman–Crippen LogP) is 2.57. The van der Waals surface area contributed by atoms with Crippen molar-refractivity contribution in [3.8, 4) is 11.5 Å². The lowest BCUT2D eigenvalue weighted by Crippen LogP contribution is -2.35. The molecule has 2 aliphatic rings. The summed E-state index contributed by atoms with van der Waals surface area (Å²) in [6.07, 6.45) is 1.48. The highest BCUT2D eigenvalue weighted by atomic mass is 32.2. The molecule has 0 aromatic heterocycles. The Labute approximate surface area is 148 Å². The van der Waals surface area contributed by atoms with E-state index >= 15 is 0 Å². The van der Waals surface area contributed by atoms with Crippen LogP contribution in [0.3, 0.4) is 0 Å². The molecule has 1 fully saturated rings. The highest BCUT2D eigenvalue weighted by molar-refractivity contribution is 8.26. The SMILES string of the molecule is CC(C)OC(=O)CN1C(=O)C(=Cc2ccc3c(c2)OCO3)SC1=S. The molecule has 0 unspecified atom stereocenters. The number of hydrogen-bond acceptors (Lipinski definition) is 7. The van der Waals surface area contributed by atoms with Crippen LogP contribution in [0.5, 0.6) is 11.5 Å². The van der Waals surface area contributed by atoms with Crippen molar-refractivity contribution >= 4 is 46.3 Å². The van der Waals surface area contributed by atoms with Gasteiger partial charge in [-0.25, -0.2) is 0 Å². The van der Waals surface area contributed by atoms with Crippen LogP contribution in [0.4, 0.5) is 0 Å². The van der Waals surface area contributed by atoms with Crippen LogP contribution in [-0.2, 0) is 14.3 Å². The van der Waals surface area contributed by atoms with Crippen LogP contribution in [-0.4, -0.2) is 40.5 Å². The first-order valence-corrected chi connectivity index (χ1v) is 8.51. The van der Waals surface area contributed by atoms with Crippen LogP contribution >= 0.6 is 24.0 Å². The molecule has 0 spiro atoms. The standard InChI is InChI=1S/C16H15NO5S2/c1-9(2)22-14(18)7-17-15(19)13(24-16(17)23)6-10-3-4-11-12(5-10)21-8-20-11/h3-6,9H,7-8H2,1-2H3. The van der Waals surface area contributed by atoms with Crippen molar-refractivity contribution in [3.63, 3.8) is 0 Å². The Morgan fingerprint density at radius 3 is 2.92 bits per heavy atom. The lowest BCUT2D eigenvalue weighted by molar-refractivity contribution is -0.149. The largest absolute Gasteiger partial charge is 0.462 e. The van der Waals surface area contributed by atoms with Crippen LogP contribution in [0.15, 0.2) is 23.1 Å². The second kappa shape index (κ2) is 6.82. The highest BCUT2D eigenvalue weighted by Gasteiger charge is 2.34. The van der Waals surface area contributed by atoms with E-state index in [1.54, 1.807) is 32.1 Å². The maximum absolute atomic E-state index is 12.5. The van der Waals surface area contributed by atoms with Crippen molar-refractivity contribution in [2.75, 3.05) is 13.3 Å². The molecule has 1 aromatic carbocycles. The molecule has 6 nitrogen and oxygen atoms in total. The summed E-state index contributed by atoms with van der Waals surface area (Å²) in [5.41, 5.74) is 0.796. The van der Waals surface area contributed by atoms with Gasteiger partial charge in [-0.3, -0.25) is 14.5 Å². The molecule has 0 atom stereocenters. The zero-order chi connectivity index (χ0) is 17.3. The molecule has 3 rings (SSSR count). The lowest BCUT2D eigenvalue weighted by Gasteiger charge is -2.14. The van der Waals surface area contributed by atoms with Crippen molar-refractivity contribution in [3.05, 3.63) is 28.7 Å². The van der Waals surface area contributed by atoms with Gasteiger partial charge in [-0.1, -0.05) is 30.0 Å². The maximum Gasteiger partial charge on any atom is 0.326 e. The zero-order valence-corrected chi connectivity index (χ0v) is 14.7. The van der Waals surface area contributed by atoms with Crippen LogP contribution in [0.2, 0.25) is 0 Å². The maximum atomic E-state index is 12.5. The van der Waals surface area contributed by atoms with Gasteiger partial charge in [0.15, 0.2) is 11.5 Å². The van der Waals surface area contributed by atoms with E-state index in [-0.39, 0.29) is 25.3 Å². The summed E-state index contributed by atoms with van der Waals surface area (Å²) in [6.45, 7) is 3.52. The van der Waals surface area contributed by atoms with Crippen LogP contribution < -0.4 is 9.47 Å². The molecule has 1 aromatic rings. The summed E-state index contributed by atoms with van der Waals surface area (Å²) in [5, 5.41) is 0. The third kappa shape index (κ3) is 3.54. The van der Waals surface area contributed by atoms with Gasteiger partial charge in [-0.2, -0.15) is 0 Å². The van der Waals surface area contributed by atoms with Crippen molar-refractivity contribution in [1.29, 1.82) is 0 Å². The number of ether oxygens (including phenoxy) is 3. The molecular formula is C16H15NO5S2. The second-order valence-electron chi connectivity index (χ2n) is 5.42. The first-order valence-electron chi connectivity index (χ1n) is 7.28. The number of fused-ring (bicyclic) bond motifs is 1. The van der Waals surface area contributed by atoms with Crippen molar-refractivity contribution < 1.29 is 23.8 Å². The fraction of sp³-hybridized carbons (Fsp3) is 0.312. The summed E-state index contributed by atoms with van der Waals surface area (Å²) in [6, 6.07) is 5.41. The predicted molar refractivity (Wildman–Crippen MR) is 93.7 cm³/mol. The fourth-order valence-electron chi connectivity index (χ4n) is 2.22. The van der Waals surface area contributed by atoms with E-state index in [4.69, 9.17) is 26.4 Å². The fourth-order valence-corrected chi connectivity index (χ4v) is 3.47. The number of benzene rings is 1. The summed E-state index contributed by atoms with van der Waals surface area (Å²) in [7, 11) is 0. The first kappa shape index (κ1) is 16.8. The number of thioether (sulfide) groups is 1. The van der Waals surface area contributed by atoms with Gasteiger partial charge in [0.05, 0.1) is 11.0 Å². The highest BCUT2D eigenvalue weighted by Crippen LogP contribution is 2.36. The van der Waals surface area contributed by atoms with Crippen molar-refractivity contribution in [2.24, 2.45) is 0 Å². The number of rotatable bonds is 4. The van der Waals surface area contributed by atoms with Gasteiger partial charge >= 0.3 is 5.97 Å². The summed E-state index contributed by atoms with van der Waals surface area (Å²) in [5.74, 6) is 0.532. The van der Waals surface area contributed by atoms with Gasteiger partial charge in [-0.05, 0) is 37.6 Å². The molecule has 0 saturated carbocycles. The molecule has 1 amide bonds. The van der Waals surface area contributed by atoms with Gasteiger partial charge in [-0.15, -0.1) is 0 Å². The van der Waals surface area contributed by atoms with E-state index in [1.807, 2.05) is 6.07 Å². The molecule has 0 bridgehead atoms. The van der Waals surface area contributed by atoms with Crippen LogP contribution in [0.1, 0.15) is 19.4 Å². The van der Waals surface area contributed by atoms with Crippen molar-refractivity contribution in [2.45, 2.75) is 20.0 Å². The Hall–Kier alpha value is -2.06. The number of thiocarbonyl (C=S) groups is 1. The number of carbonyl (C=O) groups is 2. The molecule has 1 saturated heterocycles. The summed E-state index contributed by atoms with van der Waals surface area (Å²) in [4.78, 5) is 25.9. The molecular weight excluding hydrogens is 350 g/mol. The Morgan fingerprint density at radius 2 is 2.17 bits per heavy atom. The molecule has 126 valence electrons. The smallest absolute Gasteiger partial charge is 0.326 e. The van der Waals surface area contributed by atoms with Gasteiger partial charge < -0.3 is 14.2 Å². The Balaban J connectivity index is 1.74. The Bertz CT molecular complexity index is 744. The minimum absolute atomic E-state index is 0.179. The minimum atomic E-state index is -0.481. The van der Waals surface area contributed by atoms with E-state index in [2.05, 4.69) is 0 Å². The molecule has 0 N–H and O–H groups in total. The quantitative estimate of drug-likeness (QED) is 0.461. The molecule has 0 radical (unpaired) electrons. The van der Waals surface area contributed by atoms with E-state index in [1.165, 1.54) is 4.90 Å². The molecule has 24 heavy (non-hydrogen) atoms. The number of nitrogens with zero attached hydrogens (tertiary/aromatic N) is 1. The average molecular weight is 365 g/mol. The minimum Gasteiger partial charge on any atom is -0.462 e. The van der Waals surface area contributed by atoms with Gasteiger partial charge in [0.1, 0.15) is 10.9 Å². The van der Waals surface area contributed by atoms with Crippen LogP contribution in [0.25, 0.3) is 6.08 Å². The Morgan fingerprint density at radius 1 is 1.42 bits per heavy atom. The van der Waals surface area contributed by atoms with Gasteiger partial charge in [0, 0.05) is 0 Å². The van der Waals surface area contributed by atoms with Gasteiger partial charge in [0.2, 0.25) is 6.79 Å². The number of esters is 1. The van der Waals surface area contributed by atoms with E-state index < -0.39 is 5.97 Å². The van der Waals surface area contributed by atoms with Gasteiger partial charge in [0.25, 0.3) is 5.91 Å². The molecule has 2 heterocycles. The zero-order valence-electron chi connectivity index (χ0n) is 13.1. The van der Waals surface area contributed by atoms with E-state index in [0.717, 1.165) is 17.3 Å². The third-order valence-electron chi connectivity index (χ3n) is 3.22. The third-order valence-corrected chi connectivity index (χ3v) is 4.60. The Kier molecular flexibility index (Phi) is 4.77. The average Bonchev–Trinajstić information content (AvgIpc) is 3.06. The van der Waals surface area contributed by atoms with E-state index in [9.17, 15) is 9.59 Å². The monoisotopic (exact) mass is 365 g/mol. The number of amides is 1. The lowest BCUT2D eigenvalue weighted by atomic mass is 10.2. The molecule has 8 heteroatoms. The van der Waals surface area contributed by atoms with Crippen molar-refractivity contribution in [1.82, 2.24) is 4.90 Å².